The number of hydrogen-bond acceptors (Lipinski definition) is 5. The first-order chi connectivity index (χ1) is 8.51. The van der Waals surface area contributed by atoms with Gasteiger partial charge in [-0.1, -0.05) is 19.4 Å². The minimum absolute atomic E-state index is 0.144. The summed E-state index contributed by atoms with van der Waals surface area (Å²) in [6.07, 6.45) is 0.650. The smallest absolute Gasteiger partial charge is 0.311 e. The Morgan fingerprint density at radius 2 is 2.22 bits per heavy atom. The van der Waals surface area contributed by atoms with Gasteiger partial charge in [0.15, 0.2) is 5.75 Å². The van der Waals surface area contributed by atoms with Crippen molar-refractivity contribution in [3.8, 4) is 5.75 Å². The molecule has 18 heavy (non-hydrogen) atoms. The van der Waals surface area contributed by atoms with Gasteiger partial charge in [-0.3, -0.25) is 10.1 Å². The molecular weight excluding hydrogens is 236 g/mol. The van der Waals surface area contributed by atoms with Crippen LogP contribution in [0.3, 0.4) is 0 Å². The van der Waals surface area contributed by atoms with Gasteiger partial charge in [0.05, 0.1) is 24.2 Å². The fourth-order valence-electron chi connectivity index (χ4n) is 1.75. The van der Waals surface area contributed by atoms with E-state index < -0.39 is 17.1 Å². The van der Waals surface area contributed by atoms with Gasteiger partial charge in [0.1, 0.15) is 0 Å². The number of nitro benzene ring substituents is 1. The largest absolute Gasteiger partial charge is 0.490 e. The fraction of sp³-hybridized carbons (Fsp3) is 0.500. The van der Waals surface area contributed by atoms with E-state index in [0.29, 0.717) is 12.0 Å². The molecular formula is C12H18N2O4. The van der Waals surface area contributed by atoms with Crippen molar-refractivity contribution in [1.29, 1.82) is 0 Å². The minimum Gasteiger partial charge on any atom is -0.490 e. The van der Waals surface area contributed by atoms with Gasteiger partial charge < -0.3 is 15.6 Å². The van der Waals surface area contributed by atoms with E-state index in [2.05, 4.69) is 0 Å². The number of nitrogens with two attached hydrogens (primary N) is 1. The average molecular weight is 254 g/mol. The van der Waals surface area contributed by atoms with E-state index in [1.165, 1.54) is 19.2 Å². The number of benzene rings is 1. The molecule has 1 aromatic carbocycles. The van der Waals surface area contributed by atoms with Crippen molar-refractivity contribution in [1.82, 2.24) is 0 Å². The van der Waals surface area contributed by atoms with E-state index in [0.717, 1.165) is 6.42 Å². The van der Waals surface area contributed by atoms with Gasteiger partial charge in [-0.2, -0.15) is 0 Å². The number of nitrogens with zero attached hydrogens (tertiary/aromatic N) is 1. The molecule has 0 heterocycles. The molecule has 0 amide bonds. The van der Waals surface area contributed by atoms with E-state index in [1.807, 2.05) is 6.92 Å². The molecule has 0 aliphatic rings. The first-order valence-corrected chi connectivity index (χ1v) is 5.77. The van der Waals surface area contributed by atoms with Crippen molar-refractivity contribution in [2.24, 2.45) is 5.73 Å². The fourth-order valence-corrected chi connectivity index (χ4v) is 1.75. The predicted molar refractivity (Wildman–Crippen MR) is 67.5 cm³/mol. The second kappa shape index (κ2) is 6.32. The summed E-state index contributed by atoms with van der Waals surface area (Å²) in [5, 5.41) is 20.7. The third-order valence-electron chi connectivity index (χ3n) is 2.78. The summed E-state index contributed by atoms with van der Waals surface area (Å²) in [5.74, 6) is 0.181. The zero-order valence-electron chi connectivity index (χ0n) is 10.5. The van der Waals surface area contributed by atoms with Crippen LogP contribution in [0.4, 0.5) is 5.69 Å². The van der Waals surface area contributed by atoms with Gasteiger partial charge in [-0.25, -0.2) is 0 Å². The van der Waals surface area contributed by atoms with Gasteiger partial charge in [0, 0.05) is 6.07 Å². The van der Waals surface area contributed by atoms with E-state index in [9.17, 15) is 15.2 Å². The Morgan fingerprint density at radius 1 is 1.56 bits per heavy atom. The van der Waals surface area contributed by atoms with E-state index in [1.54, 1.807) is 6.07 Å². The normalized spacial score (nSPS) is 14.0. The molecule has 3 N–H and O–H groups in total. The van der Waals surface area contributed by atoms with Crippen LogP contribution in [0.1, 0.15) is 31.4 Å². The number of methoxy groups -OCH3 is 1. The molecule has 0 spiro atoms. The number of rotatable bonds is 6. The molecule has 0 radical (unpaired) electrons. The molecule has 0 bridgehead atoms. The third kappa shape index (κ3) is 3.18. The molecule has 0 aliphatic carbocycles. The summed E-state index contributed by atoms with van der Waals surface area (Å²) >= 11 is 0. The Morgan fingerprint density at radius 3 is 2.72 bits per heavy atom. The predicted octanol–water partition coefficient (Wildman–Crippen LogP) is 1.76. The minimum atomic E-state index is -0.706. The summed E-state index contributed by atoms with van der Waals surface area (Å²) in [6, 6.07) is 3.85. The van der Waals surface area contributed by atoms with Crippen molar-refractivity contribution in [2.75, 3.05) is 7.11 Å². The van der Waals surface area contributed by atoms with Crippen LogP contribution in [0.15, 0.2) is 18.2 Å². The van der Waals surface area contributed by atoms with Gasteiger partial charge in [0.2, 0.25) is 0 Å². The highest BCUT2D eigenvalue weighted by Gasteiger charge is 2.21. The van der Waals surface area contributed by atoms with Crippen molar-refractivity contribution in [3.63, 3.8) is 0 Å². The lowest BCUT2D eigenvalue weighted by Gasteiger charge is -2.18. The van der Waals surface area contributed by atoms with E-state index >= 15 is 0 Å². The lowest BCUT2D eigenvalue weighted by atomic mass is 9.98. The first kappa shape index (κ1) is 14.4. The van der Waals surface area contributed by atoms with Crippen LogP contribution < -0.4 is 10.5 Å². The monoisotopic (exact) mass is 254 g/mol. The highest BCUT2D eigenvalue weighted by molar-refractivity contribution is 5.49. The zero-order chi connectivity index (χ0) is 13.7. The summed E-state index contributed by atoms with van der Waals surface area (Å²) in [7, 11) is 1.37. The topological polar surface area (TPSA) is 98.6 Å². The van der Waals surface area contributed by atoms with Gasteiger partial charge >= 0.3 is 5.69 Å². The maximum Gasteiger partial charge on any atom is 0.311 e. The van der Waals surface area contributed by atoms with Gasteiger partial charge in [0.25, 0.3) is 0 Å². The molecule has 2 atom stereocenters. The van der Waals surface area contributed by atoms with Crippen LogP contribution in [0, 0.1) is 10.1 Å². The van der Waals surface area contributed by atoms with Crippen molar-refractivity contribution in [3.05, 3.63) is 33.9 Å². The molecule has 0 saturated carbocycles. The Kier molecular flexibility index (Phi) is 5.06. The summed E-state index contributed by atoms with van der Waals surface area (Å²) in [4.78, 5) is 10.3. The SMILES string of the molecule is CCC[C@@H](O)[C@@H](N)c1ccc(OC)c([N+](=O)[O-])c1. The lowest BCUT2D eigenvalue weighted by molar-refractivity contribution is -0.385. The first-order valence-electron chi connectivity index (χ1n) is 5.77. The Labute approximate surface area is 106 Å². The maximum atomic E-state index is 10.9. The van der Waals surface area contributed by atoms with Crippen LogP contribution in [0.2, 0.25) is 0 Å². The van der Waals surface area contributed by atoms with E-state index in [-0.39, 0.29) is 11.4 Å². The molecule has 1 rings (SSSR count). The summed E-state index contributed by atoms with van der Waals surface area (Å²) in [5.41, 5.74) is 6.26. The third-order valence-corrected chi connectivity index (χ3v) is 2.78. The maximum absolute atomic E-state index is 10.9. The number of aliphatic hydroxyl groups excluding tert-OH is 1. The van der Waals surface area contributed by atoms with E-state index in [4.69, 9.17) is 10.5 Å². The molecule has 6 heteroatoms. The molecule has 6 nitrogen and oxygen atoms in total. The average Bonchev–Trinajstić information content (AvgIpc) is 2.37. The van der Waals surface area contributed by atoms with Crippen molar-refractivity contribution >= 4 is 5.69 Å². The van der Waals surface area contributed by atoms with Gasteiger partial charge in [-0.05, 0) is 18.1 Å². The molecule has 1 aromatic rings. The number of hydrogen-bond donors (Lipinski definition) is 2. The molecule has 0 unspecified atom stereocenters. The Balaban J connectivity index is 3.04. The molecule has 0 fully saturated rings. The lowest BCUT2D eigenvalue weighted by Crippen LogP contribution is -2.26. The highest BCUT2D eigenvalue weighted by Crippen LogP contribution is 2.30. The second-order valence-electron chi connectivity index (χ2n) is 4.07. The zero-order valence-corrected chi connectivity index (χ0v) is 10.5. The molecule has 100 valence electrons. The molecule has 0 aromatic heterocycles. The number of ether oxygens (including phenoxy) is 1. The Bertz CT molecular complexity index is 423. The second-order valence-corrected chi connectivity index (χ2v) is 4.07. The quantitative estimate of drug-likeness (QED) is 0.595. The molecule has 0 saturated heterocycles. The van der Waals surface area contributed by atoms with Crippen LogP contribution >= 0.6 is 0 Å². The van der Waals surface area contributed by atoms with Crippen LogP contribution in [0.25, 0.3) is 0 Å². The number of aliphatic hydroxyl groups is 1. The Hall–Kier alpha value is -1.66. The highest BCUT2D eigenvalue weighted by atomic mass is 16.6. The molecule has 0 aliphatic heterocycles. The van der Waals surface area contributed by atoms with Crippen LogP contribution in [0.5, 0.6) is 5.75 Å². The summed E-state index contributed by atoms with van der Waals surface area (Å²) in [6.45, 7) is 1.94. The van der Waals surface area contributed by atoms with Crippen LogP contribution in [-0.4, -0.2) is 23.2 Å². The van der Waals surface area contributed by atoms with Crippen molar-refractivity contribution in [2.45, 2.75) is 31.9 Å². The number of nitro groups is 1. The van der Waals surface area contributed by atoms with Crippen LogP contribution in [-0.2, 0) is 0 Å². The standard InChI is InChI=1S/C12H18N2O4/c1-3-4-10(15)12(13)8-5-6-11(18-2)9(7-8)14(16)17/h5-7,10,12,15H,3-4,13H2,1-2H3/t10-,12+/m1/s1. The summed E-state index contributed by atoms with van der Waals surface area (Å²) < 4.78 is 4.90. The van der Waals surface area contributed by atoms with Gasteiger partial charge in [-0.15, -0.1) is 0 Å². The van der Waals surface area contributed by atoms with Crippen molar-refractivity contribution < 1.29 is 14.8 Å².